The fraction of sp³-hybridized carbons (Fsp3) is 0.476. The topological polar surface area (TPSA) is 37.4 Å². The molecule has 0 spiro atoms. The molecule has 134 valence electrons. The van der Waals surface area contributed by atoms with Crippen LogP contribution in [0, 0.1) is 5.92 Å². The zero-order valence-corrected chi connectivity index (χ0v) is 15.5. The number of piperidine rings is 1. The summed E-state index contributed by atoms with van der Waals surface area (Å²) in [5, 5.41) is 3.82. The minimum atomic E-state index is 0.348. The number of methoxy groups -OCH3 is 1. The molecule has 0 aliphatic carbocycles. The molecule has 1 aromatic heterocycles. The standard InChI is InChI=1S/C21H29N3O/c1-16-14-24(15-19-6-4-5-12-22-19)13-11-21(16)23-17(2)18-7-9-20(25-3)10-8-18/h4-10,12,16-17,21,23H,11,13-15H2,1-3H3/t16-,17+,21-/m1/s1. The van der Waals surface area contributed by atoms with Crippen molar-refractivity contribution >= 4 is 0 Å². The van der Waals surface area contributed by atoms with Crippen LogP contribution < -0.4 is 10.1 Å². The average Bonchev–Trinajstić information content (AvgIpc) is 2.65. The number of likely N-dealkylation sites (tertiary alicyclic amines) is 1. The SMILES string of the molecule is COc1ccc([C@H](C)N[C@@H]2CCN(Cc3ccccn3)C[C@H]2C)cc1. The van der Waals surface area contributed by atoms with Gasteiger partial charge in [-0.3, -0.25) is 9.88 Å². The second-order valence-corrected chi connectivity index (χ2v) is 7.09. The zero-order chi connectivity index (χ0) is 17.6. The third kappa shape index (κ3) is 4.80. The van der Waals surface area contributed by atoms with Crippen LogP contribution in [0.3, 0.4) is 0 Å². The molecule has 0 unspecified atom stereocenters. The van der Waals surface area contributed by atoms with Gasteiger partial charge in [-0.1, -0.05) is 25.1 Å². The van der Waals surface area contributed by atoms with Crippen molar-refractivity contribution in [2.24, 2.45) is 5.92 Å². The maximum atomic E-state index is 5.25. The van der Waals surface area contributed by atoms with Crippen LogP contribution in [0.1, 0.15) is 37.6 Å². The second kappa shape index (κ2) is 8.45. The molecule has 1 aromatic carbocycles. The van der Waals surface area contributed by atoms with Crippen molar-refractivity contribution in [2.75, 3.05) is 20.2 Å². The summed E-state index contributed by atoms with van der Waals surface area (Å²) >= 11 is 0. The summed E-state index contributed by atoms with van der Waals surface area (Å²) in [6.07, 6.45) is 3.05. The maximum absolute atomic E-state index is 5.25. The Kier molecular flexibility index (Phi) is 6.05. The Morgan fingerprint density at radius 3 is 2.68 bits per heavy atom. The first-order valence-corrected chi connectivity index (χ1v) is 9.18. The molecule has 2 heterocycles. The first-order chi connectivity index (χ1) is 12.2. The van der Waals surface area contributed by atoms with Gasteiger partial charge in [0.2, 0.25) is 0 Å². The number of nitrogens with zero attached hydrogens (tertiary/aromatic N) is 2. The number of benzene rings is 1. The summed E-state index contributed by atoms with van der Waals surface area (Å²) in [5.74, 6) is 1.53. The Labute approximate surface area is 151 Å². The Bertz CT molecular complexity index is 644. The lowest BCUT2D eigenvalue weighted by Gasteiger charge is -2.38. The molecular weight excluding hydrogens is 310 g/mol. The van der Waals surface area contributed by atoms with E-state index in [1.165, 1.54) is 12.0 Å². The third-order valence-corrected chi connectivity index (χ3v) is 5.18. The fourth-order valence-corrected chi connectivity index (χ4v) is 3.65. The Morgan fingerprint density at radius 2 is 2.04 bits per heavy atom. The summed E-state index contributed by atoms with van der Waals surface area (Å²) in [6.45, 7) is 7.78. The van der Waals surface area contributed by atoms with Crippen molar-refractivity contribution in [2.45, 2.75) is 38.9 Å². The Hall–Kier alpha value is -1.91. The first kappa shape index (κ1) is 17.9. The molecule has 3 rings (SSSR count). The molecule has 1 saturated heterocycles. The summed E-state index contributed by atoms with van der Waals surface area (Å²) in [7, 11) is 1.71. The third-order valence-electron chi connectivity index (χ3n) is 5.18. The Balaban J connectivity index is 1.52. The van der Waals surface area contributed by atoms with E-state index in [1.54, 1.807) is 7.11 Å². The highest BCUT2D eigenvalue weighted by atomic mass is 16.5. The van der Waals surface area contributed by atoms with Crippen LogP contribution in [-0.4, -0.2) is 36.1 Å². The largest absolute Gasteiger partial charge is 0.497 e. The minimum Gasteiger partial charge on any atom is -0.497 e. The van der Waals surface area contributed by atoms with E-state index >= 15 is 0 Å². The van der Waals surface area contributed by atoms with Gasteiger partial charge in [0, 0.05) is 37.9 Å². The summed E-state index contributed by atoms with van der Waals surface area (Å²) in [4.78, 5) is 6.97. The van der Waals surface area contributed by atoms with Gasteiger partial charge in [-0.2, -0.15) is 0 Å². The van der Waals surface area contributed by atoms with E-state index in [2.05, 4.69) is 53.3 Å². The number of pyridine rings is 1. The lowest BCUT2D eigenvalue weighted by Crippen LogP contribution is -2.48. The van der Waals surface area contributed by atoms with Crippen LogP contribution in [0.4, 0.5) is 0 Å². The molecule has 3 atom stereocenters. The summed E-state index contributed by atoms with van der Waals surface area (Å²) in [6, 6.07) is 15.4. The van der Waals surface area contributed by atoms with Gasteiger partial charge < -0.3 is 10.1 Å². The van der Waals surface area contributed by atoms with Crippen LogP contribution in [0.2, 0.25) is 0 Å². The predicted molar refractivity (Wildman–Crippen MR) is 102 cm³/mol. The van der Waals surface area contributed by atoms with Gasteiger partial charge in [0.1, 0.15) is 5.75 Å². The van der Waals surface area contributed by atoms with E-state index < -0.39 is 0 Å². The number of nitrogens with one attached hydrogen (secondary N) is 1. The van der Waals surface area contributed by atoms with Crippen molar-refractivity contribution in [1.29, 1.82) is 0 Å². The van der Waals surface area contributed by atoms with Gasteiger partial charge in [0.05, 0.1) is 12.8 Å². The number of hydrogen-bond acceptors (Lipinski definition) is 4. The maximum Gasteiger partial charge on any atom is 0.118 e. The van der Waals surface area contributed by atoms with Gasteiger partial charge >= 0.3 is 0 Å². The second-order valence-electron chi connectivity index (χ2n) is 7.09. The van der Waals surface area contributed by atoms with Crippen LogP contribution >= 0.6 is 0 Å². The van der Waals surface area contributed by atoms with Gasteiger partial charge in [0.15, 0.2) is 0 Å². The number of ether oxygens (including phenoxy) is 1. The molecule has 4 heteroatoms. The number of rotatable bonds is 6. The molecule has 1 aliphatic heterocycles. The molecule has 1 N–H and O–H groups in total. The normalized spacial score (nSPS) is 22.5. The molecule has 1 aliphatic rings. The molecular formula is C21H29N3O. The van der Waals surface area contributed by atoms with E-state index in [0.717, 1.165) is 31.1 Å². The van der Waals surface area contributed by atoms with Crippen molar-refractivity contribution in [3.05, 3.63) is 59.9 Å². The van der Waals surface area contributed by atoms with E-state index in [0.29, 0.717) is 18.0 Å². The lowest BCUT2D eigenvalue weighted by atomic mass is 9.92. The fourth-order valence-electron chi connectivity index (χ4n) is 3.65. The van der Waals surface area contributed by atoms with Gasteiger partial charge in [-0.05, 0) is 49.1 Å². The highest BCUT2D eigenvalue weighted by molar-refractivity contribution is 5.28. The van der Waals surface area contributed by atoms with E-state index in [-0.39, 0.29) is 0 Å². The Morgan fingerprint density at radius 1 is 1.24 bits per heavy atom. The van der Waals surface area contributed by atoms with E-state index in [9.17, 15) is 0 Å². The van der Waals surface area contributed by atoms with Gasteiger partial charge in [-0.25, -0.2) is 0 Å². The van der Waals surface area contributed by atoms with Crippen LogP contribution in [-0.2, 0) is 6.54 Å². The van der Waals surface area contributed by atoms with Crippen molar-refractivity contribution in [3.63, 3.8) is 0 Å². The van der Waals surface area contributed by atoms with Gasteiger partial charge in [0.25, 0.3) is 0 Å². The monoisotopic (exact) mass is 339 g/mol. The molecule has 2 aromatic rings. The molecule has 25 heavy (non-hydrogen) atoms. The molecule has 1 fully saturated rings. The number of aromatic nitrogens is 1. The highest BCUT2D eigenvalue weighted by Gasteiger charge is 2.27. The summed E-state index contributed by atoms with van der Waals surface area (Å²) < 4.78 is 5.25. The molecule has 4 nitrogen and oxygen atoms in total. The molecule has 0 bridgehead atoms. The van der Waals surface area contributed by atoms with Crippen LogP contribution in [0.5, 0.6) is 5.75 Å². The van der Waals surface area contributed by atoms with Crippen LogP contribution in [0.15, 0.2) is 48.7 Å². The first-order valence-electron chi connectivity index (χ1n) is 9.18. The van der Waals surface area contributed by atoms with E-state index in [4.69, 9.17) is 4.74 Å². The molecule has 0 radical (unpaired) electrons. The minimum absolute atomic E-state index is 0.348. The highest BCUT2D eigenvalue weighted by Crippen LogP contribution is 2.23. The van der Waals surface area contributed by atoms with Crippen molar-refractivity contribution in [3.8, 4) is 5.75 Å². The summed E-state index contributed by atoms with van der Waals surface area (Å²) in [5.41, 5.74) is 2.47. The zero-order valence-electron chi connectivity index (χ0n) is 15.5. The van der Waals surface area contributed by atoms with Crippen LogP contribution in [0.25, 0.3) is 0 Å². The average molecular weight is 339 g/mol. The lowest BCUT2D eigenvalue weighted by molar-refractivity contribution is 0.134. The molecule has 0 saturated carbocycles. The number of hydrogen-bond donors (Lipinski definition) is 1. The van der Waals surface area contributed by atoms with E-state index in [1.807, 2.05) is 24.4 Å². The predicted octanol–water partition coefficient (Wildman–Crippen LogP) is 3.65. The quantitative estimate of drug-likeness (QED) is 0.872. The smallest absolute Gasteiger partial charge is 0.118 e. The van der Waals surface area contributed by atoms with Crippen molar-refractivity contribution < 1.29 is 4.74 Å². The molecule has 0 amide bonds. The van der Waals surface area contributed by atoms with Gasteiger partial charge in [-0.15, -0.1) is 0 Å². The van der Waals surface area contributed by atoms with Crippen molar-refractivity contribution in [1.82, 2.24) is 15.2 Å².